The van der Waals surface area contributed by atoms with Crippen LogP contribution in [0, 0.1) is 0 Å². The van der Waals surface area contributed by atoms with Gasteiger partial charge in [-0.05, 0) is 30.5 Å². The number of thiazole rings is 1. The number of amides is 1. The van der Waals surface area contributed by atoms with Gasteiger partial charge in [0.1, 0.15) is 10.8 Å². The highest BCUT2D eigenvalue weighted by Gasteiger charge is 2.06. The number of nitrogens with two attached hydrogens (primary N) is 1. The minimum Gasteiger partial charge on any atom is -0.484 e. The first-order chi connectivity index (χ1) is 13.0. The summed E-state index contributed by atoms with van der Waals surface area (Å²) in [6.45, 7) is 8.04. The standard InChI is InChI=1S/C19H27N5O2S.HI/c1-4-21-19(23-10-18-24-16(12-27-18)13(2)3)22-9-14-6-5-7-15(8-14)26-11-17(20)25;/h5-8,12-13H,4,9-11H2,1-3H3,(H2,20,25)(H2,21,22,23);1H. The molecule has 0 saturated carbocycles. The summed E-state index contributed by atoms with van der Waals surface area (Å²) in [6, 6.07) is 7.46. The van der Waals surface area contributed by atoms with Crippen molar-refractivity contribution in [3.63, 3.8) is 0 Å². The second-order valence-electron chi connectivity index (χ2n) is 6.27. The summed E-state index contributed by atoms with van der Waals surface area (Å²) in [5, 5.41) is 9.67. The summed E-state index contributed by atoms with van der Waals surface area (Å²) in [4.78, 5) is 20.1. The molecule has 2 aromatic rings. The van der Waals surface area contributed by atoms with Gasteiger partial charge in [-0.25, -0.2) is 9.98 Å². The Kier molecular flexibility index (Phi) is 10.8. The van der Waals surface area contributed by atoms with Gasteiger partial charge in [-0.1, -0.05) is 26.0 Å². The minimum atomic E-state index is -0.500. The Morgan fingerprint density at radius 3 is 2.79 bits per heavy atom. The third kappa shape index (κ3) is 8.42. The van der Waals surface area contributed by atoms with Gasteiger partial charge in [0.2, 0.25) is 0 Å². The molecule has 154 valence electrons. The molecule has 0 bridgehead atoms. The minimum absolute atomic E-state index is 0. The normalized spacial score (nSPS) is 11.1. The molecule has 1 amide bonds. The quantitative estimate of drug-likeness (QED) is 0.270. The predicted octanol–water partition coefficient (Wildman–Crippen LogP) is 3.00. The van der Waals surface area contributed by atoms with E-state index in [0.29, 0.717) is 24.8 Å². The summed E-state index contributed by atoms with van der Waals surface area (Å²) in [6.07, 6.45) is 0. The summed E-state index contributed by atoms with van der Waals surface area (Å²) < 4.78 is 5.33. The van der Waals surface area contributed by atoms with Crippen LogP contribution in [0.1, 0.15) is 43.0 Å². The first kappa shape index (κ1) is 24.2. The number of rotatable bonds is 9. The smallest absolute Gasteiger partial charge is 0.255 e. The molecule has 1 heterocycles. The zero-order valence-corrected chi connectivity index (χ0v) is 19.5. The molecule has 0 atom stereocenters. The van der Waals surface area contributed by atoms with E-state index in [0.717, 1.165) is 28.8 Å². The Bertz CT molecular complexity index is 779. The summed E-state index contributed by atoms with van der Waals surface area (Å²) >= 11 is 1.65. The number of aromatic nitrogens is 1. The van der Waals surface area contributed by atoms with E-state index in [1.807, 2.05) is 25.1 Å². The van der Waals surface area contributed by atoms with Crippen LogP contribution in [0.2, 0.25) is 0 Å². The number of aliphatic imine (C=N–C) groups is 1. The van der Waals surface area contributed by atoms with Gasteiger partial charge in [-0.15, -0.1) is 35.3 Å². The molecule has 0 fully saturated rings. The topological polar surface area (TPSA) is 102 Å². The Morgan fingerprint density at radius 1 is 1.36 bits per heavy atom. The number of ether oxygens (including phenoxy) is 1. The molecule has 4 N–H and O–H groups in total. The van der Waals surface area contributed by atoms with Crippen LogP contribution in [0.4, 0.5) is 0 Å². The van der Waals surface area contributed by atoms with Gasteiger partial charge in [0.25, 0.3) is 5.91 Å². The number of hydrogen-bond donors (Lipinski definition) is 3. The van der Waals surface area contributed by atoms with Crippen LogP contribution in [0.3, 0.4) is 0 Å². The van der Waals surface area contributed by atoms with Crippen LogP contribution in [0.25, 0.3) is 0 Å². The lowest BCUT2D eigenvalue weighted by Crippen LogP contribution is -2.36. The van der Waals surface area contributed by atoms with E-state index in [1.54, 1.807) is 17.4 Å². The largest absolute Gasteiger partial charge is 0.484 e. The second kappa shape index (κ2) is 12.6. The third-order valence-corrected chi connectivity index (χ3v) is 4.48. The number of halogens is 1. The van der Waals surface area contributed by atoms with Crippen molar-refractivity contribution in [1.29, 1.82) is 0 Å². The molecular weight excluding hydrogens is 489 g/mol. The van der Waals surface area contributed by atoms with E-state index in [-0.39, 0.29) is 30.6 Å². The molecule has 1 aromatic carbocycles. The van der Waals surface area contributed by atoms with E-state index in [9.17, 15) is 4.79 Å². The molecule has 0 aliphatic rings. The molecule has 7 nitrogen and oxygen atoms in total. The van der Waals surface area contributed by atoms with Gasteiger partial charge in [-0.3, -0.25) is 4.79 Å². The lowest BCUT2D eigenvalue weighted by molar-refractivity contribution is -0.119. The van der Waals surface area contributed by atoms with Gasteiger partial charge in [0.05, 0.1) is 18.8 Å². The van der Waals surface area contributed by atoms with Crippen molar-refractivity contribution in [2.24, 2.45) is 10.7 Å². The zero-order chi connectivity index (χ0) is 19.6. The van der Waals surface area contributed by atoms with E-state index in [2.05, 4.69) is 39.8 Å². The van der Waals surface area contributed by atoms with Crippen molar-refractivity contribution in [3.05, 3.63) is 45.9 Å². The molecule has 28 heavy (non-hydrogen) atoms. The first-order valence-electron chi connectivity index (χ1n) is 8.94. The van der Waals surface area contributed by atoms with Gasteiger partial charge in [0.15, 0.2) is 12.6 Å². The molecule has 0 aliphatic carbocycles. The molecule has 0 unspecified atom stereocenters. The highest BCUT2D eigenvalue weighted by atomic mass is 127. The number of nitrogens with one attached hydrogen (secondary N) is 2. The van der Waals surface area contributed by atoms with Crippen LogP contribution >= 0.6 is 35.3 Å². The van der Waals surface area contributed by atoms with Gasteiger partial charge in [-0.2, -0.15) is 0 Å². The zero-order valence-electron chi connectivity index (χ0n) is 16.4. The van der Waals surface area contributed by atoms with E-state index < -0.39 is 5.91 Å². The van der Waals surface area contributed by atoms with Crippen LogP contribution in [-0.4, -0.2) is 30.0 Å². The van der Waals surface area contributed by atoms with Gasteiger partial charge >= 0.3 is 0 Å². The fraction of sp³-hybridized carbons (Fsp3) is 0.421. The monoisotopic (exact) mass is 517 g/mol. The van der Waals surface area contributed by atoms with Crippen molar-refractivity contribution in [1.82, 2.24) is 15.6 Å². The molecule has 1 aromatic heterocycles. The Balaban J connectivity index is 0.00000392. The number of benzene rings is 1. The Hall–Kier alpha value is -1.88. The van der Waals surface area contributed by atoms with Crippen LogP contribution in [0.5, 0.6) is 5.75 Å². The number of primary amides is 1. The molecule has 9 heteroatoms. The number of guanidine groups is 1. The second-order valence-corrected chi connectivity index (χ2v) is 7.21. The SMILES string of the molecule is CCNC(=NCc1cccc(OCC(N)=O)c1)NCc1nc(C(C)C)cs1.I. The Labute approximate surface area is 187 Å². The number of nitrogens with zero attached hydrogens (tertiary/aromatic N) is 2. The lowest BCUT2D eigenvalue weighted by atomic mass is 10.2. The average Bonchev–Trinajstić information content (AvgIpc) is 3.12. The summed E-state index contributed by atoms with van der Waals surface area (Å²) in [7, 11) is 0. The molecule has 0 saturated heterocycles. The summed E-state index contributed by atoms with van der Waals surface area (Å²) in [5.74, 6) is 1.26. The van der Waals surface area contributed by atoms with Gasteiger partial charge < -0.3 is 21.1 Å². The highest BCUT2D eigenvalue weighted by molar-refractivity contribution is 14.0. The fourth-order valence-electron chi connectivity index (χ4n) is 2.23. The molecular formula is C19H28IN5O2S. The van der Waals surface area contributed by atoms with E-state index in [1.165, 1.54) is 0 Å². The van der Waals surface area contributed by atoms with Crippen molar-refractivity contribution >= 4 is 47.2 Å². The molecule has 2 rings (SSSR count). The van der Waals surface area contributed by atoms with Crippen LogP contribution in [-0.2, 0) is 17.9 Å². The van der Waals surface area contributed by atoms with Crippen molar-refractivity contribution in [2.45, 2.75) is 39.8 Å². The maximum Gasteiger partial charge on any atom is 0.255 e. The molecule has 0 radical (unpaired) electrons. The number of carbonyl (C=O) groups is 1. The van der Waals surface area contributed by atoms with Crippen molar-refractivity contribution < 1.29 is 9.53 Å². The highest BCUT2D eigenvalue weighted by Crippen LogP contribution is 2.17. The average molecular weight is 517 g/mol. The molecule has 0 aliphatic heterocycles. The maximum absolute atomic E-state index is 10.8. The Morgan fingerprint density at radius 2 is 2.14 bits per heavy atom. The van der Waals surface area contributed by atoms with E-state index >= 15 is 0 Å². The maximum atomic E-state index is 10.8. The number of carbonyl (C=O) groups excluding carboxylic acids is 1. The summed E-state index contributed by atoms with van der Waals surface area (Å²) in [5.41, 5.74) is 7.20. The van der Waals surface area contributed by atoms with Crippen LogP contribution in [0.15, 0.2) is 34.6 Å². The third-order valence-electron chi connectivity index (χ3n) is 3.61. The predicted molar refractivity (Wildman–Crippen MR) is 124 cm³/mol. The van der Waals surface area contributed by atoms with E-state index in [4.69, 9.17) is 10.5 Å². The number of hydrogen-bond acceptors (Lipinski definition) is 5. The molecule has 0 spiro atoms. The van der Waals surface area contributed by atoms with Crippen molar-refractivity contribution in [2.75, 3.05) is 13.2 Å². The first-order valence-corrected chi connectivity index (χ1v) is 9.82. The van der Waals surface area contributed by atoms with Crippen molar-refractivity contribution in [3.8, 4) is 5.75 Å². The van der Waals surface area contributed by atoms with Crippen LogP contribution < -0.4 is 21.1 Å². The fourth-order valence-corrected chi connectivity index (χ4v) is 3.13. The lowest BCUT2D eigenvalue weighted by Gasteiger charge is -2.10. The van der Waals surface area contributed by atoms with Gasteiger partial charge in [0, 0.05) is 11.9 Å².